The van der Waals surface area contributed by atoms with Gasteiger partial charge in [-0.25, -0.2) is 18.0 Å². The topological polar surface area (TPSA) is 176 Å². The zero-order valence-corrected chi connectivity index (χ0v) is 20.5. The Morgan fingerprint density at radius 2 is 1.73 bits per heavy atom. The van der Waals surface area contributed by atoms with E-state index in [9.17, 15) is 38.0 Å². The quantitative estimate of drug-likeness (QED) is 0.338. The van der Waals surface area contributed by atoms with E-state index >= 15 is 0 Å². The first-order valence-electron chi connectivity index (χ1n) is 11.3. The van der Waals surface area contributed by atoms with Crippen molar-refractivity contribution in [2.45, 2.75) is 30.4 Å². The standard InChI is InChI=1S/C23H26N4O9S/c28-21(10-9-20(22(29)30)24-23(31)36-16-17-5-2-1-3-6-17)25-11-13-26(14-12-25)37(34,35)19-8-4-7-18(15-19)27(32)33/h1-8,15,20H,9-14,16H2,(H,24,31)(H,29,30)/t20-/m0/s1. The number of nitrogens with one attached hydrogen (secondary N) is 1. The van der Waals surface area contributed by atoms with Crippen LogP contribution in [0.3, 0.4) is 0 Å². The molecule has 0 spiro atoms. The SMILES string of the molecule is O=C(N[C@@H](CCC(=O)N1CCN(S(=O)(=O)c2cccc([N+](=O)[O-])c2)CC1)C(=O)O)OCc1ccccc1. The lowest BCUT2D eigenvalue weighted by Crippen LogP contribution is -2.50. The molecule has 3 rings (SSSR count). The number of carboxylic acid groups (broad SMARTS) is 1. The van der Waals surface area contributed by atoms with Crippen molar-refractivity contribution in [3.63, 3.8) is 0 Å². The Morgan fingerprint density at radius 1 is 1.05 bits per heavy atom. The van der Waals surface area contributed by atoms with Crippen LogP contribution < -0.4 is 5.32 Å². The first-order valence-corrected chi connectivity index (χ1v) is 12.7. The summed E-state index contributed by atoms with van der Waals surface area (Å²) in [6, 6.07) is 12.2. The van der Waals surface area contributed by atoms with E-state index in [0.29, 0.717) is 0 Å². The number of hydrogen-bond donors (Lipinski definition) is 2. The zero-order valence-electron chi connectivity index (χ0n) is 19.7. The molecule has 2 aromatic carbocycles. The smallest absolute Gasteiger partial charge is 0.408 e. The lowest BCUT2D eigenvalue weighted by Gasteiger charge is -2.34. The molecule has 0 bridgehead atoms. The summed E-state index contributed by atoms with van der Waals surface area (Å²) in [4.78, 5) is 47.6. The van der Waals surface area contributed by atoms with Gasteiger partial charge < -0.3 is 20.1 Å². The van der Waals surface area contributed by atoms with Crippen molar-refractivity contribution >= 4 is 33.7 Å². The largest absolute Gasteiger partial charge is 0.480 e. The maximum atomic E-state index is 12.9. The van der Waals surface area contributed by atoms with Crippen molar-refractivity contribution in [2.24, 2.45) is 0 Å². The summed E-state index contributed by atoms with van der Waals surface area (Å²) in [5, 5.41) is 22.6. The maximum absolute atomic E-state index is 12.9. The number of alkyl carbamates (subject to hydrolysis) is 1. The second-order valence-electron chi connectivity index (χ2n) is 8.17. The normalized spacial score (nSPS) is 15.0. The van der Waals surface area contributed by atoms with Crippen LogP contribution in [0.2, 0.25) is 0 Å². The molecule has 1 aliphatic rings. The molecule has 2 N–H and O–H groups in total. The second-order valence-corrected chi connectivity index (χ2v) is 10.1. The Labute approximate surface area is 212 Å². The van der Waals surface area contributed by atoms with E-state index in [4.69, 9.17) is 4.74 Å². The molecule has 2 aromatic rings. The van der Waals surface area contributed by atoms with E-state index < -0.39 is 39.0 Å². The highest BCUT2D eigenvalue weighted by atomic mass is 32.2. The number of carbonyl (C=O) groups excluding carboxylic acids is 2. The number of rotatable bonds is 10. The third-order valence-electron chi connectivity index (χ3n) is 5.71. The number of nitro groups is 1. The van der Waals surface area contributed by atoms with Gasteiger partial charge >= 0.3 is 12.1 Å². The Kier molecular flexibility index (Phi) is 9.14. The number of hydrogen-bond acceptors (Lipinski definition) is 8. The number of sulfonamides is 1. The number of benzene rings is 2. The lowest BCUT2D eigenvalue weighted by molar-refractivity contribution is -0.385. The Hall–Kier alpha value is -4.04. The first-order chi connectivity index (χ1) is 17.6. The number of amides is 2. The van der Waals surface area contributed by atoms with Gasteiger partial charge in [0.2, 0.25) is 15.9 Å². The minimum Gasteiger partial charge on any atom is -0.480 e. The van der Waals surface area contributed by atoms with Gasteiger partial charge in [-0.05, 0) is 18.1 Å². The third kappa shape index (κ3) is 7.47. The van der Waals surface area contributed by atoms with Crippen LogP contribution in [0.4, 0.5) is 10.5 Å². The molecule has 37 heavy (non-hydrogen) atoms. The maximum Gasteiger partial charge on any atom is 0.408 e. The highest BCUT2D eigenvalue weighted by Crippen LogP contribution is 2.22. The van der Waals surface area contributed by atoms with Crippen LogP contribution in [-0.2, 0) is 31.0 Å². The molecule has 1 atom stereocenters. The minimum atomic E-state index is -3.99. The van der Waals surface area contributed by atoms with E-state index in [1.165, 1.54) is 23.1 Å². The molecule has 198 valence electrons. The predicted molar refractivity (Wildman–Crippen MR) is 129 cm³/mol. The first kappa shape index (κ1) is 27.5. The molecule has 0 saturated carbocycles. The van der Waals surface area contributed by atoms with E-state index in [1.54, 1.807) is 30.3 Å². The Balaban J connectivity index is 1.49. The average Bonchev–Trinajstić information content (AvgIpc) is 2.90. The molecular weight excluding hydrogens is 508 g/mol. The van der Waals surface area contributed by atoms with Crippen LogP contribution in [0, 0.1) is 10.1 Å². The number of nitrogens with zero attached hydrogens (tertiary/aromatic N) is 3. The molecular formula is C23H26N4O9S. The molecule has 1 heterocycles. The molecule has 0 aromatic heterocycles. The highest BCUT2D eigenvalue weighted by molar-refractivity contribution is 7.89. The van der Waals surface area contributed by atoms with Gasteiger partial charge in [0.15, 0.2) is 0 Å². The van der Waals surface area contributed by atoms with Gasteiger partial charge in [0, 0.05) is 44.7 Å². The number of nitro benzene ring substituents is 1. The molecule has 1 saturated heterocycles. The van der Waals surface area contributed by atoms with Crippen LogP contribution in [0.5, 0.6) is 0 Å². The molecule has 0 unspecified atom stereocenters. The molecule has 0 radical (unpaired) electrons. The zero-order chi connectivity index (χ0) is 27.0. The summed E-state index contributed by atoms with van der Waals surface area (Å²) in [7, 11) is -3.99. The molecule has 1 fully saturated rings. The van der Waals surface area contributed by atoms with Crippen molar-refractivity contribution in [3.8, 4) is 0 Å². The van der Waals surface area contributed by atoms with Crippen molar-refractivity contribution in [1.29, 1.82) is 0 Å². The van der Waals surface area contributed by atoms with Gasteiger partial charge in [-0.3, -0.25) is 14.9 Å². The number of carboxylic acids is 1. The van der Waals surface area contributed by atoms with Gasteiger partial charge in [-0.2, -0.15) is 4.31 Å². The fourth-order valence-electron chi connectivity index (χ4n) is 3.67. The summed E-state index contributed by atoms with van der Waals surface area (Å²) < 4.78 is 31.9. The number of piperazine rings is 1. The lowest BCUT2D eigenvalue weighted by atomic mass is 10.1. The summed E-state index contributed by atoms with van der Waals surface area (Å²) in [5.74, 6) is -1.71. The monoisotopic (exact) mass is 534 g/mol. The van der Waals surface area contributed by atoms with Crippen LogP contribution in [0.1, 0.15) is 18.4 Å². The van der Waals surface area contributed by atoms with Crippen molar-refractivity contribution < 1.29 is 37.6 Å². The van der Waals surface area contributed by atoms with Gasteiger partial charge in [0.25, 0.3) is 5.69 Å². The van der Waals surface area contributed by atoms with Gasteiger partial charge in [0.1, 0.15) is 12.6 Å². The second kappa shape index (κ2) is 12.3. The summed E-state index contributed by atoms with van der Waals surface area (Å²) in [6.07, 6.45) is -1.29. The number of ether oxygens (including phenoxy) is 1. The number of aliphatic carboxylic acids is 1. The van der Waals surface area contributed by atoms with E-state index in [1.807, 2.05) is 0 Å². The summed E-state index contributed by atoms with van der Waals surface area (Å²) >= 11 is 0. The van der Waals surface area contributed by atoms with Crippen LogP contribution in [-0.4, -0.2) is 77.8 Å². The minimum absolute atomic E-state index is 0.0246. The molecule has 2 amide bonds. The number of non-ortho nitro benzene ring substituents is 1. The molecule has 13 nitrogen and oxygen atoms in total. The number of carbonyl (C=O) groups is 3. The Bertz CT molecular complexity index is 1250. The molecule has 1 aliphatic heterocycles. The summed E-state index contributed by atoms with van der Waals surface area (Å²) in [6.45, 7) is 0.0440. The molecule has 14 heteroatoms. The van der Waals surface area contributed by atoms with Crippen molar-refractivity contribution in [1.82, 2.24) is 14.5 Å². The van der Waals surface area contributed by atoms with Crippen LogP contribution in [0.25, 0.3) is 0 Å². The van der Waals surface area contributed by atoms with Crippen LogP contribution >= 0.6 is 0 Å². The average molecular weight is 535 g/mol. The summed E-state index contributed by atoms with van der Waals surface area (Å²) in [5.41, 5.74) is 0.381. The highest BCUT2D eigenvalue weighted by Gasteiger charge is 2.31. The van der Waals surface area contributed by atoms with Gasteiger partial charge in [-0.1, -0.05) is 36.4 Å². The van der Waals surface area contributed by atoms with Crippen LogP contribution in [0.15, 0.2) is 59.5 Å². The fourth-order valence-corrected chi connectivity index (χ4v) is 5.14. The fraction of sp³-hybridized carbons (Fsp3) is 0.348. The van der Waals surface area contributed by atoms with E-state index in [2.05, 4.69) is 5.32 Å². The van der Waals surface area contributed by atoms with E-state index in [-0.39, 0.29) is 56.2 Å². The van der Waals surface area contributed by atoms with Crippen molar-refractivity contribution in [2.75, 3.05) is 26.2 Å². The Morgan fingerprint density at radius 3 is 2.35 bits per heavy atom. The van der Waals surface area contributed by atoms with Gasteiger partial charge in [0.05, 0.1) is 9.82 Å². The van der Waals surface area contributed by atoms with E-state index in [0.717, 1.165) is 15.9 Å². The van der Waals surface area contributed by atoms with Crippen molar-refractivity contribution in [3.05, 3.63) is 70.3 Å². The van der Waals surface area contributed by atoms with Gasteiger partial charge in [-0.15, -0.1) is 0 Å². The predicted octanol–water partition coefficient (Wildman–Crippen LogP) is 1.59. The molecule has 0 aliphatic carbocycles. The third-order valence-corrected chi connectivity index (χ3v) is 7.60.